The largest absolute Gasteiger partial charge is 0.508 e. The Kier molecular flexibility index (Phi) is 19.6. The number of aliphatic hydroxyl groups is 1. The smallest absolute Gasteiger partial charge is 0.326 e. The van der Waals surface area contributed by atoms with Gasteiger partial charge in [-0.2, -0.15) is 0 Å². The van der Waals surface area contributed by atoms with Gasteiger partial charge in [0.15, 0.2) is 5.96 Å². The zero-order valence-electron chi connectivity index (χ0n) is 29.9. The number of aliphatic imine (C=N–C) groups is 1. The van der Waals surface area contributed by atoms with Crippen LogP contribution in [0.3, 0.4) is 0 Å². The summed E-state index contributed by atoms with van der Waals surface area (Å²) in [4.78, 5) is 115. The first-order valence-corrected chi connectivity index (χ1v) is 16.6. The first kappa shape index (κ1) is 46.5. The summed E-state index contributed by atoms with van der Waals surface area (Å²) in [6.07, 6.45) is -2.39. The number of carboxylic acid groups (broad SMARTS) is 3. The summed E-state index contributed by atoms with van der Waals surface area (Å²) in [6, 6.07) is -4.28. The first-order valence-electron chi connectivity index (χ1n) is 16.6. The Labute approximate surface area is 313 Å². The Hall–Kier alpha value is -6.52. The molecule has 23 heteroatoms. The number of nitrogens with zero attached hydrogens (tertiary/aromatic N) is 1. The average Bonchev–Trinajstić information content (AvgIpc) is 3.09. The molecule has 0 saturated carbocycles. The van der Waals surface area contributed by atoms with E-state index in [1.165, 1.54) is 31.2 Å². The van der Waals surface area contributed by atoms with Crippen molar-refractivity contribution >= 4 is 59.3 Å². The maximum Gasteiger partial charge on any atom is 0.326 e. The molecule has 55 heavy (non-hydrogen) atoms. The van der Waals surface area contributed by atoms with Crippen molar-refractivity contribution in [3.63, 3.8) is 0 Å². The number of nitrogens with two attached hydrogens (primary N) is 2. The Morgan fingerprint density at radius 1 is 0.673 bits per heavy atom. The SMILES string of the molecule is CC(=O)NC(CCCN=C(N)N)C(=O)NC(C)C(=O)NC(CO)C(=O)NC(CCC(=O)O)C(=O)NC(CC(=O)O)C(=O)NC(Cc1ccc(O)cc1)C(=O)O. The molecular formula is C32H47N9O14. The Morgan fingerprint density at radius 2 is 1.18 bits per heavy atom. The second-order valence-corrected chi connectivity index (χ2v) is 12.1. The van der Waals surface area contributed by atoms with Crippen molar-refractivity contribution in [1.29, 1.82) is 0 Å². The van der Waals surface area contributed by atoms with Crippen LogP contribution in [-0.4, -0.2) is 134 Å². The maximum atomic E-state index is 13.3. The molecule has 304 valence electrons. The number of phenols is 1. The number of phenolic OH excluding ortho intramolecular Hbond substituents is 1. The van der Waals surface area contributed by atoms with Gasteiger partial charge in [-0.05, 0) is 43.9 Å². The fourth-order valence-electron chi connectivity index (χ4n) is 4.69. The first-order chi connectivity index (χ1) is 25.7. The van der Waals surface area contributed by atoms with Crippen molar-refractivity contribution < 1.29 is 68.7 Å². The van der Waals surface area contributed by atoms with E-state index in [4.69, 9.17) is 11.5 Å². The molecule has 0 aromatic heterocycles. The second-order valence-electron chi connectivity index (χ2n) is 12.1. The van der Waals surface area contributed by atoms with Crippen LogP contribution in [0.2, 0.25) is 0 Å². The molecular weight excluding hydrogens is 734 g/mol. The van der Waals surface area contributed by atoms with Crippen molar-refractivity contribution in [2.24, 2.45) is 16.5 Å². The van der Waals surface area contributed by atoms with Crippen molar-refractivity contribution in [2.45, 2.75) is 88.6 Å². The molecule has 0 aliphatic carbocycles. The average molecular weight is 782 g/mol. The van der Waals surface area contributed by atoms with Gasteiger partial charge >= 0.3 is 17.9 Å². The number of aromatic hydroxyl groups is 1. The van der Waals surface area contributed by atoms with E-state index in [9.17, 15) is 68.7 Å². The summed E-state index contributed by atoms with van der Waals surface area (Å²) in [5.41, 5.74) is 10.9. The molecule has 1 aromatic carbocycles. The van der Waals surface area contributed by atoms with Crippen LogP contribution in [0, 0.1) is 0 Å². The van der Waals surface area contributed by atoms with Crippen LogP contribution in [0.5, 0.6) is 5.75 Å². The highest BCUT2D eigenvalue weighted by atomic mass is 16.4. The molecule has 6 atom stereocenters. The van der Waals surface area contributed by atoms with E-state index in [0.717, 1.165) is 6.92 Å². The van der Waals surface area contributed by atoms with Gasteiger partial charge in [-0.3, -0.25) is 43.3 Å². The van der Waals surface area contributed by atoms with Crippen LogP contribution in [0.15, 0.2) is 29.3 Å². The molecule has 15 N–H and O–H groups in total. The van der Waals surface area contributed by atoms with Gasteiger partial charge in [0.25, 0.3) is 0 Å². The lowest BCUT2D eigenvalue weighted by molar-refractivity contribution is -0.143. The molecule has 0 aliphatic heterocycles. The summed E-state index contributed by atoms with van der Waals surface area (Å²) >= 11 is 0. The molecule has 0 heterocycles. The Balaban J connectivity index is 3.08. The predicted octanol–water partition coefficient (Wildman–Crippen LogP) is -4.65. The van der Waals surface area contributed by atoms with Crippen LogP contribution in [0.4, 0.5) is 0 Å². The summed E-state index contributed by atoms with van der Waals surface area (Å²) < 4.78 is 0. The lowest BCUT2D eigenvalue weighted by Gasteiger charge is -2.26. The molecule has 23 nitrogen and oxygen atoms in total. The minimum atomic E-state index is -1.93. The standard InChI is InChI=1S/C32H47N9O14/c1-15(36-27(50)19(37-16(2)43)4-3-11-35-32(33)34)26(49)41-23(14-42)30(53)38-20(9-10-24(45)46)28(51)39-21(13-25(47)48)29(52)40-22(31(54)55)12-17-5-7-18(44)8-6-17/h5-8,15,19-23,42,44H,3-4,9-14H2,1-2H3,(H,36,50)(H,37,43)(H,38,53)(H,39,51)(H,40,52)(H,41,49)(H,45,46)(H,47,48)(H,54,55)(H4,33,34,35). The third kappa shape index (κ3) is 18.2. The molecule has 1 aromatic rings. The Bertz CT molecular complexity index is 1580. The third-order valence-corrected chi connectivity index (χ3v) is 7.49. The fourth-order valence-corrected chi connectivity index (χ4v) is 4.69. The molecule has 6 unspecified atom stereocenters. The number of nitrogens with one attached hydrogen (secondary N) is 6. The van der Waals surface area contributed by atoms with Crippen LogP contribution < -0.4 is 43.4 Å². The highest BCUT2D eigenvalue weighted by Crippen LogP contribution is 2.12. The minimum absolute atomic E-state index is 0.0763. The van der Waals surface area contributed by atoms with Gasteiger partial charge in [-0.15, -0.1) is 0 Å². The molecule has 0 saturated heterocycles. The van der Waals surface area contributed by atoms with Crippen LogP contribution >= 0.6 is 0 Å². The van der Waals surface area contributed by atoms with Crippen molar-refractivity contribution in [3.8, 4) is 5.75 Å². The van der Waals surface area contributed by atoms with E-state index >= 15 is 0 Å². The summed E-state index contributed by atoms with van der Waals surface area (Å²) in [5.74, 6) is -10.9. The highest BCUT2D eigenvalue weighted by Gasteiger charge is 2.33. The number of aliphatic carboxylic acids is 3. The molecule has 0 fully saturated rings. The normalized spacial score (nSPS) is 13.9. The highest BCUT2D eigenvalue weighted by molar-refractivity contribution is 5.97. The zero-order chi connectivity index (χ0) is 41.8. The molecule has 0 spiro atoms. The number of carboxylic acids is 3. The molecule has 1 rings (SSSR count). The van der Waals surface area contributed by atoms with Crippen molar-refractivity contribution in [2.75, 3.05) is 13.2 Å². The van der Waals surface area contributed by atoms with Gasteiger partial charge in [0.1, 0.15) is 42.0 Å². The van der Waals surface area contributed by atoms with E-state index in [1.54, 1.807) is 0 Å². The third-order valence-electron chi connectivity index (χ3n) is 7.49. The maximum absolute atomic E-state index is 13.3. The number of aliphatic hydroxyl groups excluding tert-OH is 1. The number of guanidine groups is 1. The van der Waals surface area contributed by atoms with Gasteiger partial charge in [0.05, 0.1) is 13.0 Å². The monoisotopic (exact) mass is 781 g/mol. The number of carbonyl (C=O) groups excluding carboxylic acids is 6. The Morgan fingerprint density at radius 3 is 1.71 bits per heavy atom. The van der Waals surface area contributed by atoms with E-state index in [1.807, 2.05) is 0 Å². The zero-order valence-corrected chi connectivity index (χ0v) is 29.9. The minimum Gasteiger partial charge on any atom is -0.508 e. The second kappa shape index (κ2) is 23.2. The van der Waals surface area contributed by atoms with Gasteiger partial charge in [-0.1, -0.05) is 12.1 Å². The summed E-state index contributed by atoms with van der Waals surface area (Å²) in [6.45, 7) is 1.46. The number of hydrogen-bond acceptors (Lipinski definition) is 12. The lowest BCUT2D eigenvalue weighted by Crippen LogP contribution is -2.60. The quantitative estimate of drug-likeness (QED) is 0.0266. The van der Waals surface area contributed by atoms with Gasteiger partial charge in [0, 0.05) is 26.3 Å². The number of rotatable bonds is 24. The summed E-state index contributed by atoms with van der Waals surface area (Å²) in [5, 5.41) is 60.8. The molecule has 6 amide bonds. The van der Waals surface area contributed by atoms with E-state index in [2.05, 4.69) is 36.9 Å². The van der Waals surface area contributed by atoms with E-state index in [0.29, 0.717) is 5.56 Å². The van der Waals surface area contributed by atoms with Crippen molar-refractivity contribution in [1.82, 2.24) is 31.9 Å². The van der Waals surface area contributed by atoms with Crippen molar-refractivity contribution in [3.05, 3.63) is 29.8 Å². The van der Waals surface area contributed by atoms with E-state index < -0.39 is 115 Å². The molecule has 0 radical (unpaired) electrons. The molecule has 0 bridgehead atoms. The molecule has 0 aliphatic rings. The topological polar surface area (TPSA) is 391 Å². The lowest BCUT2D eigenvalue weighted by atomic mass is 10.0. The van der Waals surface area contributed by atoms with Gasteiger partial charge < -0.3 is 68.9 Å². The van der Waals surface area contributed by atoms with Crippen LogP contribution in [-0.2, 0) is 49.6 Å². The van der Waals surface area contributed by atoms with Gasteiger partial charge in [-0.25, -0.2) is 4.79 Å². The number of benzene rings is 1. The van der Waals surface area contributed by atoms with E-state index in [-0.39, 0.29) is 37.5 Å². The summed E-state index contributed by atoms with van der Waals surface area (Å²) in [7, 11) is 0. The number of hydrogen-bond donors (Lipinski definition) is 13. The van der Waals surface area contributed by atoms with Crippen LogP contribution in [0.1, 0.15) is 51.5 Å². The van der Waals surface area contributed by atoms with Crippen LogP contribution in [0.25, 0.3) is 0 Å². The predicted molar refractivity (Wildman–Crippen MR) is 188 cm³/mol. The van der Waals surface area contributed by atoms with Gasteiger partial charge in [0.2, 0.25) is 35.4 Å². The number of amides is 6. The fraction of sp³-hybridized carbons (Fsp3) is 0.500. The number of carbonyl (C=O) groups is 9.